The number of hydrogen-bond donors (Lipinski definition) is 1. The molecule has 1 aromatic heterocycles. The highest BCUT2D eigenvalue weighted by Crippen LogP contribution is 2.27. The second-order valence-corrected chi connectivity index (χ2v) is 6.16. The monoisotopic (exact) mass is 339 g/mol. The van der Waals surface area contributed by atoms with Crippen molar-refractivity contribution >= 4 is 51.0 Å². The largest absolute Gasteiger partial charge is 0.326 e. The highest BCUT2D eigenvalue weighted by atomic mass is 32.1. The summed E-state index contributed by atoms with van der Waals surface area (Å²) in [5.41, 5.74) is 2.37. The lowest BCUT2D eigenvalue weighted by Crippen LogP contribution is -2.05. The third-order valence-electron chi connectivity index (χ3n) is 3.25. The van der Waals surface area contributed by atoms with Gasteiger partial charge in [0.1, 0.15) is 5.01 Å². The van der Waals surface area contributed by atoms with Crippen molar-refractivity contribution in [2.75, 3.05) is 5.32 Å². The summed E-state index contributed by atoms with van der Waals surface area (Å²) in [5, 5.41) is 14.3. The molecule has 0 bridgehead atoms. The van der Waals surface area contributed by atoms with Gasteiger partial charge in [0, 0.05) is 24.7 Å². The zero-order chi connectivity index (χ0) is 17.1. The minimum Gasteiger partial charge on any atom is -0.326 e. The molecule has 0 aliphatic heterocycles. The van der Waals surface area contributed by atoms with Crippen LogP contribution in [0.2, 0.25) is 0 Å². The number of nitro groups is 1. The molecule has 1 amide bonds. The number of fused-ring (bicyclic) bond motifs is 1. The molecule has 3 aromatic rings. The highest BCUT2D eigenvalue weighted by Gasteiger charge is 2.09. The quantitative estimate of drug-likeness (QED) is 0.566. The zero-order valence-electron chi connectivity index (χ0n) is 12.7. The lowest BCUT2D eigenvalue weighted by molar-refractivity contribution is -0.384. The van der Waals surface area contributed by atoms with Gasteiger partial charge in [-0.15, -0.1) is 11.3 Å². The number of benzene rings is 2. The van der Waals surface area contributed by atoms with E-state index in [1.165, 1.54) is 30.4 Å². The molecule has 24 heavy (non-hydrogen) atoms. The van der Waals surface area contributed by atoms with Gasteiger partial charge in [-0.25, -0.2) is 4.98 Å². The molecule has 1 heterocycles. The van der Waals surface area contributed by atoms with E-state index in [-0.39, 0.29) is 11.6 Å². The highest BCUT2D eigenvalue weighted by molar-refractivity contribution is 7.19. The van der Waals surface area contributed by atoms with Crippen LogP contribution in [0.4, 0.5) is 11.4 Å². The molecule has 0 saturated heterocycles. The normalized spacial score (nSPS) is 11.0. The number of amides is 1. The van der Waals surface area contributed by atoms with Crippen LogP contribution in [-0.4, -0.2) is 15.8 Å². The smallest absolute Gasteiger partial charge is 0.271 e. The van der Waals surface area contributed by atoms with E-state index in [4.69, 9.17) is 0 Å². The molecular formula is C17H13N3O3S. The first-order chi connectivity index (χ1) is 11.5. The Bertz CT molecular complexity index is 945. The first kappa shape index (κ1) is 15.8. The number of carbonyl (C=O) groups excluding carboxylic acids is 1. The SMILES string of the molecule is CC(=O)Nc1ccc(/C=C/c2nc3cc([N+](=O)[O-])ccc3s2)cc1. The standard InChI is InChI=1S/C17H13N3O3S/c1-11(21)18-13-5-2-12(3-6-13)4-9-17-19-15-10-14(20(22)23)7-8-16(15)24-17/h2-10H,1H3,(H,18,21)/b9-4+. The second kappa shape index (κ2) is 6.59. The Morgan fingerprint density at radius 2 is 1.96 bits per heavy atom. The van der Waals surface area contributed by atoms with Crippen molar-refractivity contribution in [1.29, 1.82) is 0 Å². The van der Waals surface area contributed by atoms with Crippen molar-refractivity contribution in [3.05, 3.63) is 63.1 Å². The number of non-ortho nitro benzene ring substituents is 1. The van der Waals surface area contributed by atoms with Gasteiger partial charge in [0.05, 0.1) is 15.1 Å². The van der Waals surface area contributed by atoms with Crippen LogP contribution < -0.4 is 5.32 Å². The van der Waals surface area contributed by atoms with Gasteiger partial charge in [0.15, 0.2) is 0 Å². The predicted molar refractivity (Wildman–Crippen MR) is 95.9 cm³/mol. The van der Waals surface area contributed by atoms with Gasteiger partial charge in [-0.05, 0) is 29.8 Å². The fourth-order valence-electron chi connectivity index (χ4n) is 2.17. The van der Waals surface area contributed by atoms with E-state index in [2.05, 4.69) is 10.3 Å². The average molecular weight is 339 g/mol. The molecule has 0 atom stereocenters. The number of nitrogens with zero attached hydrogens (tertiary/aromatic N) is 2. The molecule has 0 unspecified atom stereocenters. The van der Waals surface area contributed by atoms with Crippen LogP contribution in [0.1, 0.15) is 17.5 Å². The molecule has 0 saturated carbocycles. The molecular weight excluding hydrogens is 326 g/mol. The Kier molecular flexibility index (Phi) is 4.35. The van der Waals surface area contributed by atoms with E-state index < -0.39 is 4.92 Å². The Morgan fingerprint density at radius 1 is 1.21 bits per heavy atom. The molecule has 2 aromatic carbocycles. The summed E-state index contributed by atoms with van der Waals surface area (Å²) in [6.45, 7) is 1.46. The summed E-state index contributed by atoms with van der Waals surface area (Å²) >= 11 is 1.47. The number of anilines is 1. The molecule has 0 spiro atoms. The summed E-state index contributed by atoms with van der Waals surface area (Å²) in [5.74, 6) is -0.109. The van der Waals surface area contributed by atoms with Gasteiger partial charge in [0.2, 0.25) is 5.91 Å². The summed E-state index contributed by atoms with van der Waals surface area (Å²) in [7, 11) is 0. The topological polar surface area (TPSA) is 85.1 Å². The second-order valence-electron chi connectivity index (χ2n) is 5.10. The molecule has 6 nitrogen and oxygen atoms in total. The Hall–Kier alpha value is -3.06. The van der Waals surface area contributed by atoms with E-state index in [0.717, 1.165) is 21.0 Å². The first-order valence-electron chi connectivity index (χ1n) is 7.12. The van der Waals surface area contributed by atoms with Gasteiger partial charge in [0.25, 0.3) is 5.69 Å². The van der Waals surface area contributed by atoms with Crippen molar-refractivity contribution in [1.82, 2.24) is 4.98 Å². The van der Waals surface area contributed by atoms with E-state index in [0.29, 0.717) is 5.52 Å². The van der Waals surface area contributed by atoms with Crippen LogP contribution >= 0.6 is 11.3 Å². The molecule has 0 fully saturated rings. The third kappa shape index (κ3) is 3.64. The molecule has 7 heteroatoms. The molecule has 0 aliphatic rings. The Balaban J connectivity index is 1.79. The maximum absolute atomic E-state index is 11.0. The lowest BCUT2D eigenvalue weighted by atomic mass is 10.2. The number of nitro benzene ring substituents is 1. The van der Waals surface area contributed by atoms with Gasteiger partial charge in [-0.3, -0.25) is 14.9 Å². The lowest BCUT2D eigenvalue weighted by Gasteiger charge is -2.01. The van der Waals surface area contributed by atoms with Crippen LogP contribution in [0, 0.1) is 10.1 Å². The van der Waals surface area contributed by atoms with Crippen molar-refractivity contribution in [2.24, 2.45) is 0 Å². The average Bonchev–Trinajstić information content (AvgIpc) is 2.95. The van der Waals surface area contributed by atoms with Gasteiger partial charge < -0.3 is 5.32 Å². The van der Waals surface area contributed by atoms with E-state index in [9.17, 15) is 14.9 Å². The summed E-state index contributed by atoms with van der Waals surface area (Å²) in [6.07, 6.45) is 3.77. The van der Waals surface area contributed by atoms with Crippen molar-refractivity contribution < 1.29 is 9.72 Å². The molecule has 0 aliphatic carbocycles. The van der Waals surface area contributed by atoms with Gasteiger partial charge in [-0.1, -0.05) is 18.2 Å². The third-order valence-corrected chi connectivity index (χ3v) is 4.25. The van der Waals surface area contributed by atoms with Gasteiger partial charge >= 0.3 is 0 Å². The minimum absolute atomic E-state index is 0.0388. The maximum Gasteiger partial charge on any atom is 0.271 e. The fraction of sp³-hybridized carbons (Fsp3) is 0.0588. The van der Waals surface area contributed by atoms with E-state index in [1.807, 2.05) is 36.4 Å². The fourth-order valence-corrected chi connectivity index (χ4v) is 3.02. The summed E-state index contributed by atoms with van der Waals surface area (Å²) in [4.78, 5) is 25.8. The summed E-state index contributed by atoms with van der Waals surface area (Å²) in [6, 6.07) is 12.1. The number of aromatic nitrogens is 1. The Labute approximate surface area is 141 Å². The van der Waals surface area contributed by atoms with Crippen LogP contribution in [0.25, 0.3) is 22.4 Å². The number of hydrogen-bond acceptors (Lipinski definition) is 5. The van der Waals surface area contributed by atoms with Crippen LogP contribution in [0.5, 0.6) is 0 Å². The molecule has 3 rings (SSSR count). The number of rotatable bonds is 4. The van der Waals surface area contributed by atoms with E-state index in [1.54, 1.807) is 6.07 Å². The van der Waals surface area contributed by atoms with Crippen LogP contribution in [0.15, 0.2) is 42.5 Å². The van der Waals surface area contributed by atoms with Crippen LogP contribution in [0.3, 0.4) is 0 Å². The minimum atomic E-state index is -0.426. The van der Waals surface area contributed by atoms with E-state index >= 15 is 0 Å². The maximum atomic E-state index is 11.0. The number of thiazole rings is 1. The molecule has 0 radical (unpaired) electrons. The number of nitrogens with one attached hydrogen (secondary N) is 1. The van der Waals surface area contributed by atoms with Crippen molar-refractivity contribution in [3.63, 3.8) is 0 Å². The predicted octanol–water partition coefficient (Wildman–Crippen LogP) is 4.33. The number of carbonyl (C=O) groups is 1. The Morgan fingerprint density at radius 3 is 2.62 bits per heavy atom. The first-order valence-corrected chi connectivity index (χ1v) is 7.93. The molecule has 1 N–H and O–H groups in total. The van der Waals surface area contributed by atoms with Crippen LogP contribution in [-0.2, 0) is 4.79 Å². The zero-order valence-corrected chi connectivity index (χ0v) is 13.5. The summed E-state index contributed by atoms with van der Waals surface area (Å²) < 4.78 is 0.904. The van der Waals surface area contributed by atoms with Crippen molar-refractivity contribution in [3.8, 4) is 0 Å². The van der Waals surface area contributed by atoms with Crippen molar-refractivity contribution in [2.45, 2.75) is 6.92 Å². The van der Waals surface area contributed by atoms with Gasteiger partial charge in [-0.2, -0.15) is 0 Å². The molecule has 120 valence electrons.